The molecule has 1 aliphatic rings. The summed E-state index contributed by atoms with van der Waals surface area (Å²) < 4.78 is 5.29. The molecule has 0 spiro atoms. The lowest BCUT2D eigenvalue weighted by atomic mass is 9.75. The van der Waals surface area contributed by atoms with Crippen molar-refractivity contribution in [1.29, 1.82) is 0 Å². The molecule has 1 saturated carbocycles. The summed E-state index contributed by atoms with van der Waals surface area (Å²) in [6.45, 7) is 6.77. The van der Waals surface area contributed by atoms with Crippen LogP contribution < -0.4 is 0 Å². The van der Waals surface area contributed by atoms with Crippen LogP contribution in [0.4, 0.5) is 0 Å². The lowest BCUT2D eigenvalue weighted by Gasteiger charge is -2.32. The van der Waals surface area contributed by atoms with Crippen molar-refractivity contribution in [3.63, 3.8) is 0 Å². The van der Waals surface area contributed by atoms with Crippen LogP contribution in [0.5, 0.6) is 0 Å². The average Bonchev–Trinajstić information content (AvgIpc) is 2.27. The minimum atomic E-state index is -1.42. The van der Waals surface area contributed by atoms with E-state index >= 15 is 0 Å². The Bertz CT molecular complexity index is 337. The number of hydrogen-bond donors (Lipinski definition) is 1. The molecule has 0 aromatic heterocycles. The Balaban J connectivity index is 2.78. The molecular formula is C15H26O4. The number of aliphatic carboxylic acids is 1. The third kappa shape index (κ3) is 4.51. The third-order valence-corrected chi connectivity index (χ3v) is 3.74. The third-order valence-electron chi connectivity index (χ3n) is 3.74. The monoisotopic (exact) mass is 270 g/mol. The maximum absolute atomic E-state index is 12.2. The number of esters is 1. The molecule has 0 heterocycles. The van der Waals surface area contributed by atoms with Gasteiger partial charge in [-0.15, -0.1) is 0 Å². The summed E-state index contributed by atoms with van der Waals surface area (Å²) in [5.41, 5.74) is -2.07. The highest BCUT2D eigenvalue weighted by Gasteiger charge is 2.46. The van der Waals surface area contributed by atoms with Gasteiger partial charge in [0.25, 0.3) is 0 Å². The van der Waals surface area contributed by atoms with E-state index in [9.17, 15) is 14.7 Å². The molecule has 19 heavy (non-hydrogen) atoms. The number of ether oxygens (including phenoxy) is 1. The van der Waals surface area contributed by atoms with Crippen molar-refractivity contribution in [3.8, 4) is 0 Å². The van der Waals surface area contributed by atoms with Crippen LogP contribution >= 0.6 is 0 Å². The van der Waals surface area contributed by atoms with Crippen LogP contribution in [-0.2, 0) is 14.3 Å². The molecule has 0 aromatic rings. The smallest absolute Gasteiger partial charge is 0.323 e. The Morgan fingerprint density at radius 2 is 1.63 bits per heavy atom. The van der Waals surface area contributed by atoms with Crippen molar-refractivity contribution >= 4 is 11.9 Å². The maximum Gasteiger partial charge on any atom is 0.323 e. The molecule has 0 aliphatic heterocycles. The van der Waals surface area contributed by atoms with Crippen LogP contribution in [0.25, 0.3) is 0 Å². The number of carboxylic acid groups (broad SMARTS) is 1. The van der Waals surface area contributed by atoms with E-state index in [2.05, 4.69) is 0 Å². The molecule has 1 rings (SSSR count). The predicted octanol–water partition coefficient (Wildman–Crippen LogP) is 3.39. The second-order valence-electron chi connectivity index (χ2n) is 6.85. The Kier molecular flexibility index (Phi) is 4.99. The molecule has 4 nitrogen and oxygen atoms in total. The molecule has 1 N–H and O–H groups in total. The largest absolute Gasteiger partial charge is 0.480 e. The molecule has 1 fully saturated rings. The first-order chi connectivity index (χ1) is 8.65. The summed E-state index contributed by atoms with van der Waals surface area (Å²) in [4.78, 5) is 23.7. The first kappa shape index (κ1) is 16.0. The van der Waals surface area contributed by atoms with E-state index in [0.29, 0.717) is 12.3 Å². The molecule has 0 saturated heterocycles. The lowest BCUT2D eigenvalue weighted by molar-refractivity contribution is -0.177. The van der Waals surface area contributed by atoms with Gasteiger partial charge in [-0.1, -0.05) is 32.1 Å². The van der Waals surface area contributed by atoms with Crippen LogP contribution in [0, 0.1) is 11.3 Å². The van der Waals surface area contributed by atoms with Crippen LogP contribution in [0.2, 0.25) is 0 Å². The Labute approximate surface area is 115 Å². The van der Waals surface area contributed by atoms with Gasteiger partial charge in [0.1, 0.15) is 5.60 Å². The van der Waals surface area contributed by atoms with Crippen molar-refractivity contribution < 1.29 is 19.4 Å². The minimum absolute atomic E-state index is 0.322. The zero-order valence-electron chi connectivity index (χ0n) is 12.5. The van der Waals surface area contributed by atoms with Crippen LogP contribution in [-0.4, -0.2) is 22.6 Å². The van der Waals surface area contributed by atoms with Crippen molar-refractivity contribution in [2.75, 3.05) is 0 Å². The molecular weight excluding hydrogens is 244 g/mol. The van der Waals surface area contributed by atoms with Crippen LogP contribution in [0.15, 0.2) is 0 Å². The second-order valence-corrected chi connectivity index (χ2v) is 6.85. The summed E-state index contributed by atoms with van der Waals surface area (Å²) in [7, 11) is 0. The Morgan fingerprint density at radius 1 is 1.11 bits per heavy atom. The number of hydrogen-bond acceptors (Lipinski definition) is 3. The topological polar surface area (TPSA) is 63.6 Å². The van der Waals surface area contributed by atoms with Gasteiger partial charge in [-0.25, -0.2) is 0 Å². The van der Waals surface area contributed by atoms with Crippen molar-refractivity contribution in [2.45, 2.75) is 71.8 Å². The van der Waals surface area contributed by atoms with Gasteiger partial charge in [0.15, 0.2) is 5.41 Å². The zero-order valence-corrected chi connectivity index (χ0v) is 12.5. The summed E-state index contributed by atoms with van der Waals surface area (Å²) in [5.74, 6) is -1.37. The quantitative estimate of drug-likeness (QED) is 0.628. The first-order valence-corrected chi connectivity index (χ1v) is 7.12. The molecule has 110 valence electrons. The molecule has 1 unspecified atom stereocenters. The molecule has 1 atom stereocenters. The van der Waals surface area contributed by atoms with Crippen LogP contribution in [0.3, 0.4) is 0 Å². The van der Waals surface area contributed by atoms with Crippen molar-refractivity contribution in [2.24, 2.45) is 11.3 Å². The lowest BCUT2D eigenvalue weighted by Crippen LogP contribution is -2.43. The van der Waals surface area contributed by atoms with E-state index in [1.165, 1.54) is 13.3 Å². The highest BCUT2D eigenvalue weighted by atomic mass is 16.6. The molecule has 1 aliphatic carbocycles. The summed E-state index contributed by atoms with van der Waals surface area (Å²) in [5, 5.41) is 9.43. The van der Waals surface area contributed by atoms with Crippen molar-refractivity contribution in [1.82, 2.24) is 0 Å². The van der Waals surface area contributed by atoms with E-state index in [-0.39, 0.29) is 0 Å². The fourth-order valence-electron chi connectivity index (χ4n) is 2.62. The van der Waals surface area contributed by atoms with Gasteiger partial charge in [0.2, 0.25) is 0 Å². The standard InChI is InChI=1S/C15H26O4/c1-14(2,3)19-13(18)15(4,12(16)17)10-11-8-6-5-7-9-11/h11H,5-10H2,1-4H3,(H,16,17). The second kappa shape index (κ2) is 5.93. The molecule has 0 bridgehead atoms. The minimum Gasteiger partial charge on any atom is -0.480 e. The van der Waals surface area contributed by atoms with Gasteiger partial charge in [-0.05, 0) is 40.0 Å². The number of carbonyl (C=O) groups excluding carboxylic acids is 1. The number of rotatable bonds is 4. The SMILES string of the molecule is CC(C)(C)OC(=O)C(C)(CC1CCCCC1)C(=O)O. The van der Waals surface area contributed by atoms with Gasteiger partial charge in [0.05, 0.1) is 0 Å². The van der Waals surface area contributed by atoms with E-state index in [1.807, 2.05) is 0 Å². The zero-order chi connectivity index (χ0) is 14.7. The van der Waals surface area contributed by atoms with Crippen LogP contribution in [0.1, 0.15) is 66.2 Å². The normalized spacial score (nSPS) is 20.6. The van der Waals surface area contributed by atoms with Crippen molar-refractivity contribution in [3.05, 3.63) is 0 Å². The summed E-state index contributed by atoms with van der Waals surface area (Å²) >= 11 is 0. The highest BCUT2D eigenvalue weighted by Crippen LogP contribution is 2.36. The first-order valence-electron chi connectivity index (χ1n) is 7.12. The van der Waals surface area contributed by atoms with Gasteiger partial charge in [-0.3, -0.25) is 9.59 Å². The fraction of sp³-hybridized carbons (Fsp3) is 0.867. The van der Waals surface area contributed by atoms with E-state index in [1.54, 1.807) is 20.8 Å². The number of carboxylic acids is 1. The van der Waals surface area contributed by atoms with E-state index in [0.717, 1.165) is 25.7 Å². The van der Waals surface area contributed by atoms with E-state index in [4.69, 9.17) is 4.74 Å². The molecule has 4 heteroatoms. The van der Waals surface area contributed by atoms with Gasteiger partial charge >= 0.3 is 11.9 Å². The summed E-state index contributed by atoms with van der Waals surface area (Å²) in [6, 6.07) is 0. The predicted molar refractivity (Wildman–Crippen MR) is 72.8 cm³/mol. The molecule has 0 aromatic carbocycles. The summed E-state index contributed by atoms with van der Waals surface area (Å²) in [6.07, 6.45) is 5.91. The fourth-order valence-corrected chi connectivity index (χ4v) is 2.62. The maximum atomic E-state index is 12.2. The Morgan fingerprint density at radius 3 is 2.05 bits per heavy atom. The highest BCUT2D eigenvalue weighted by molar-refractivity contribution is 5.98. The number of carbonyl (C=O) groups is 2. The van der Waals surface area contributed by atoms with E-state index < -0.39 is 23.0 Å². The van der Waals surface area contributed by atoms with Gasteiger partial charge in [0, 0.05) is 0 Å². The van der Waals surface area contributed by atoms with Gasteiger partial charge in [-0.2, -0.15) is 0 Å². The molecule has 0 radical (unpaired) electrons. The molecule has 0 amide bonds. The average molecular weight is 270 g/mol. The Hall–Kier alpha value is -1.06. The van der Waals surface area contributed by atoms with Gasteiger partial charge < -0.3 is 9.84 Å².